The maximum atomic E-state index is 11.7. The van der Waals surface area contributed by atoms with E-state index in [0.29, 0.717) is 19.1 Å². The Balaban J connectivity index is 1.79. The molecule has 1 atom stereocenters. The van der Waals surface area contributed by atoms with E-state index in [1.54, 1.807) is 0 Å². The first-order valence-corrected chi connectivity index (χ1v) is 7.81. The fourth-order valence-corrected chi connectivity index (χ4v) is 2.45. The number of amides is 1. The number of hydrogen-bond acceptors (Lipinski definition) is 4. The molecule has 0 spiro atoms. The van der Waals surface area contributed by atoms with E-state index < -0.39 is 5.60 Å². The average Bonchev–Trinajstić information content (AvgIpc) is 3.19. The van der Waals surface area contributed by atoms with Gasteiger partial charge in [0.05, 0.1) is 0 Å². The lowest BCUT2D eigenvalue weighted by atomic mass is 10.2. The molecule has 0 aromatic heterocycles. The highest BCUT2D eigenvalue weighted by atomic mass is 16.6. The molecule has 1 unspecified atom stereocenters. The summed E-state index contributed by atoms with van der Waals surface area (Å²) in [7, 11) is 0. The van der Waals surface area contributed by atoms with Gasteiger partial charge in [-0.15, -0.1) is 0 Å². The van der Waals surface area contributed by atoms with Gasteiger partial charge in [-0.2, -0.15) is 0 Å². The molecular formula is C15H29N3O2. The highest BCUT2D eigenvalue weighted by Gasteiger charge is 2.37. The van der Waals surface area contributed by atoms with Gasteiger partial charge in [-0.1, -0.05) is 0 Å². The lowest BCUT2D eigenvalue weighted by Gasteiger charge is -2.31. The summed E-state index contributed by atoms with van der Waals surface area (Å²) in [4.78, 5) is 14.2. The summed E-state index contributed by atoms with van der Waals surface area (Å²) in [5, 5.41) is 2.86. The second kappa shape index (κ2) is 6.31. The van der Waals surface area contributed by atoms with E-state index in [0.717, 1.165) is 12.5 Å². The van der Waals surface area contributed by atoms with Crippen LogP contribution in [0.3, 0.4) is 0 Å². The summed E-state index contributed by atoms with van der Waals surface area (Å²) in [6.45, 7) is 7.92. The molecular weight excluding hydrogens is 254 g/mol. The molecule has 5 nitrogen and oxygen atoms in total. The first-order valence-electron chi connectivity index (χ1n) is 7.81. The number of nitrogens with one attached hydrogen (secondary N) is 1. The first kappa shape index (κ1) is 15.6. The Hall–Kier alpha value is -0.810. The smallest absolute Gasteiger partial charge is 0.407 e. The Kier molecular flexibility index (Phi) is 4.91. The van der Waals surface area contributed by atoms with Crippen LogP contribution in [0.1, 0.15) is 46.5 Å². The summed E-state index contributed by atoms with van der Waals surface area (Å²) in [6, 6.07) is 0.917. The number of alkyl carbamates (subject to hydrolysis) is 1. The van der Waals surface area contributed by atoms with Gasteiger partial charge >= 0.3 is 6.09 Å². The molecule has 0 radical (unpaired) electrons. The van der Waals surface area contributed by atoms with E-state index in [4.69, 9.17) is 10.5 Å². The lowest BCUT2D eigenvalue weighted by Crippen LogP contribution is -2.50. The Morgan fingerprint density at radius 2 is 2.00 bits per heavy atom. The number of rotatable bonds is 7. The van der Waals surface area contributed by atoms with Gasteiger partial charge in [0.25, 0.3) is 0 Å². The van der Waals surface area contributed by atoms with Crippen LogP contribution in [0.2, 0.25) is 0 Å². The molecule has 2 saturated carbocycles. The molecule has 116 valence electrons. The van der Waals surface area contributed by atoms with Crippen molar-refractivity contribution >= 4 is 6.09 Å². The molecule has 2 aliphatic rings. The molecule has 0 aliphatic heterocycles. The summed E-state index contributed by atoms with van der Waals surface area (Å²) >= 11 is 0. The molecule has 2 rings (SSSR count). The normalized spacial score (nSPS) is 20.9. The molecule has 0 aromatic rings. The number of carbonyl (C=O) groups is 1. The predicted molar refractivity (Wildman–Crippen MR) is 79.5 cm³/mol. The topological polar surface area (TPSA) is 67.6 Å². The molecule has 0 heterocycles. The van der Waals surface area contributed by atoms with E-state index in [-0.39, 0.29) is 12.1 Å². The van der Waals surface area contributed by atoms with Crippen molar-refractivity contribution in [2.24, 2.45) is 11.7 Å². The van der Waals surface area contributed by atoms with Crippen LogP contribution < -0.4 is 11.1 Å². The maximum Gasteiger partial charge on any atom is 0.407 e. The van der Waals surface area contributed by atoms with Crippen LogP contribution in [0, 0.1) is 5.92 Å². The van der Waals surface area contributed by atoms with Crippen LogP contribution in [-0.2, 0) is 4.74 Å². The Labute approximate surface area is 122 Å². The lowest BCUT2D eigenvalue weighted by molar-refractivity contribution is 0.0505. The van der Waals surface area contributed by atoms with Gasteiger partial charge in [0, 0.05) is 31.7 Å². The van der Waals surface area contributed by atoms with Crippen LogP contribution in [0.15, 0.2) is 0 Å². The van der Waals surface area contributed by atoms with Crippen LogP contribution in [0.25, 0.3) is 0 Å². The van der Waals surface area contributed by atoms with Gasteiger partial charge in [-0.25, -0.2) is 4.79 Å². The number of nitrogens with two attached hydrogens (primary N) is 1. The quantitative estimate of drug-likeness (QED) is 0.746. The van der Waals surface area contributed by atoms with Crippen molar-refractivity contribution < 1.29 is 9.53 Å². The zero-order valence-electron chi connectivity index (χ0n) is 13.0. The van der Waals surface area contributed by atoms with E-state index in [2.05, 4.69) is 10.2 Å². The Bertz CT molecular complexity index is 333. The third-order valence-corrected chi connectivity index (χ3v) is 3.80. The van der Waals surface area contributed by atoms with Crippen LogP contribution in [0.5, 0.6) is 0 Å². The average molecular weight is 283 g/mol. The van der Waals surface area contributed by atoms with Gasteiger partial charge in [0.2, 0.25) is 0 Å². The predicted octanol–water partition coefficient (Wildman–Crippen LogP) is 1.71. The van der Waals surface area contributed by atoms with Gasteiger partial charge in [-0.3, -0.25) is 4.90 Å². The largest absolute Gasteiger partial charge is 0.444 e. The Morgan fingerprint density at radius 1 is 1.35 bits per heavy atom. The monoisotopic (exact) mass is 283 g/mol. The number of ether oxygens (including phenoxy) is 1. The highest BCUT2D eigenvalue weighted by Crippen LogP contribution is 2.35. The summed E-state index contributed by atoms with van der Waals surface area (Å²) in [5.74, 6) is 0.853. The fraction of sp³-hybridized carbons (Fsp3) is 0.933. The summed E-state index contributed by atoms with van der Waals surface area (Å²) < 4.78 is 5.27. The van der Waals surface area contributed by atoms with Gasteiger partial charge in [-0.05, 0) is 52.4 Å². The number of nitrogens with zero attached hydrogens (tertiary/aromatic N) is 1. The first-order chi connectivity index (χ1) is 9.39. The van der Waals surface area contributed by atoms with Crippen molar-refractivity contribution in [1.29, 1.82) is 0 Å². The third kappa shape index (κ3) is 5.29. The molecule has 20 heavy (non-hydrogen) atoms. The number of carbonyl (C=O) groups excluding carboxylic acids is 1. The van der Waals surface area contributed by atoms with Crippen molar-refractivity contribution in [3.63, 3.8) is 0 Å². The standard InChI is InChI=1S/C15H29N3O2/c1-15(2,3)20-14(19)17-9-13(8-16)18(12-6-7-12)10-11-4-5-11/h11-13H,4-10,16H2,1-3H3,(H,17,19). The van der Waals surface area contributed by atoms with Gasteiger partial charge < -0.3 is 15.8 Å². The fourth-order valence-electron chi connectivity index (χ4n) is 2.45. The Morgan fingerprint density at radius 3 is 2.45 bits per heavy atom. The van der Waals surface area contributed by atoms with E-state index in [1.807, 2.05) is 20.8 Å². The summed E-state index contributed by atoms with van der Waals surface area (Å²) in [6.07, 6.45) is 4.89. The minimum atomic E-state index is -0.452. The second-order valence-corrected chi connectivity index (χ2v) is 7.14. The van der Waals surface area contributed by atoms with Crippen LogP contribution in [-0.4, -0.2) is 48.3 Å². The zero-order chi connectivity index (χ0) is 14.8. The van der Waals surface area contributed by atoms with E-state index >= 15 is 0 Å². The third-order valence-electron chi connectivity index (χ3n) is 3.80. The second-order valence-electron chi connectivity index (χ2n) is 7.14. The molecule has 0 bridgehead atoms. The molecule has 0 saturated heterocycles. The van der Waals surface area contributed by atoms with Gasteiger partial charge in [0.1, 0.15) is 5.60 Å². The molecule has 2 fully saturated rings. The molecule has 2 aliphatic carbocycles. The van der Waals surface area contributed by atoms with Crippen molar-refractivity contribution in [3.8, 4) is 0 Å². The van der Waals surface area contributed by atoms with E-state index in [9.17, 15) is 4.79 Å². The van der Waals surface area contributed by atoms with Crippen molar-refractivity contribution in [2.75, 3.05) is 19.6 Å². The summed E-state index contributed by atoms with van der Waals surface area (Å²) in [5.41, 5.74) is 5.46. The van der Waals surface area contributed by atoms with Crippen LogP contribution >= 0.6 is 0 Å². The molecule has 1 amide bonds. The van der Waals surface area contributed by atoms with Crippen molar-refractivity contribution in [3.05, 3.63) is 0 Å². The minimum absolute atomic E-state index is 0.232. The zero-order valence-corrected chi connectivity index (χ0v) is 13.0. The van der Waals surface area contributed by atoms with Crippen LogP contribution in [0.4, 0.5) is 4.79 Å². The SMILES string of the molecule is CC(C)(C)OC(=O)NCC(CN)N(CC1CC1)C1CC1. The minimum Gasteiger partial charge on any atom is -0.444 e. The number of hydrogen-bond donors (Lipinski definition) is 2. The molecule has 0 aromatic carbocycles. The van der Waals surface area contributed by atoms with E-state index in [1.165, 1.54) is 25.7 Å². The van der Waals surface area contributed by atoms with Gasteiger partial charge in [0.15, 0.2) is 0 Å². The van der Waals surface area contributed by atoms with Crippen molar-refractivity contribution in [2.45, 2.75) is 64.1 Å². The maximum absolute atomic E-state index is 11.7. The van der Waals surface area contributed by atoms with Crippen molar-refractivity contribution in [1.82, 2.24) is 10.2 Å². The highest BCUT2D eigenvalue weighted by molar-refractivity contribution is 5.67. The molecule has 5 heteroatoms. The molecule has 3 N–H and O–H groups in total.